The minimum Gasteiger partial charge on any atom is -0.0961 e. The molecule has 0 nitrogen and oxygen atoms in total. The van der Waals surface area contributed by atoms with Gasteiger partial charge >= 0.3 is 0 Å². The molecule has 0 atom stereocenters. The largest absolute Gasteiger partial charge is 0.0961 e. The molecule has 0 unspecified atom stereocenters. The summed E-state index contributed by atoms with van der Waals surface area (Å²) in [5.74, 6) is 0. The van der Waals surface area contributed by atoms with Gasteiger partial charge in [0.2, 0.25) is 0 Å². The second kappa shape index (κ2) is 5.10. The van der Waals surface area contributed by atoms with E-state index in [1.807, 2.05) is 13.0 Å². The number of hydrogen-bond acceptors (Lipinski definition) is 0. The van der Waals surface area contributed by atoms with Gasteiger partial charge in [0.05, 0.1) is 0 Å². The fourth-order valence-electron chi connectivity index (χ4n) is 0.348. The monoisotopic (exact) mass is 174 g/mol. The van der Waals surface area contributed by atoms with Gasteiger partial charge in [-0.2, -0.15) is 0 Å². The van der Waals surface area contributed by atoms with Crippen LogP contribution in [0.5, 0.6) is 0 Å². The molecule has 0 fully saturated rings. The van der Waals surface area contributed by atoms with Gasteiger partial charge in [0.15, 0.2) is 0 Å². The summed E-state index contributed by atoms with van der Waals surface area (Å²) in [5, 5.41) is 1.04. The molecule has 0 aromatic heterocycles. The highest BCUT2D eigenvalue weighted by Crippen LogP contribution is 1.93. The Morgan fingerprint density at radius 1 is 1.75 bits per heavy atom. The maximum atomic E-state index is 3.72. The minimum atomic E-state index is 1.04. The van der Waals surface area contributed by atoms with E-state index in [0.717, 1.165) is 17.3 Å². The van der Waals surface area contributed by atoms with E-state index in [1.165, 1.54) is 0 Å². The van der Waals surface area contributed by atoms with E-state index in [4.69, 9.17) is 0 Å². The minimum absolute atomic E-state index is 1.04. The molecule has 0 aliphatic carbocycles. The van der Waals surface area contributed by atoms with Crippen molar-refractivity contribution in [3.05, 3.63) is 24.3 Å². The molecule has 1 heteroatoms. The summed E-state index contributed by atoms with van der Waals surface area (Å²) < 4.78 is 0. The zero-order valence-electron chi connectivity index (χ0n) is 5.15. The summed E-state index contributed by atoms with van der Waals surface area (Å²) in [7, 11) is 0. The first kappa shape index (κ1) is 7.96. The number of allylic oxidation sites excluding steroid dienone is 3. The molecular formula is C7H11Br. The summed E-state index contributed by atoms with van der Waals surface area (Å²) in [4.78, 5) is 0. The van der Waals surface area contributed by atoms with Crippen molar-refractivity contribution in [1.29, 1.82) is 0 Å². The standard InChI is InChI=1S/C7H11Br/c1-7(2)5-3-4-6-8/h3,5H,1,4,6H2,2H3. The van der Waals surface area contributed by atoms with Crippen LogP contribution in [0.25, 0.3) is 0 Å². The lowest BCUT2D eigenvalue weighted by molar-refractivity contribution is 1.25. The molecule has 0 amide bonds. The summed E-state index contributed by atoms with van der Waals surface area (Å²) in [6.07, 6.45) is 5.23. The Morgan fingerprint density at radius 3 is 2.75 bits per heavy atom. The Bertz CT molecular complexity index is 92.6. The first-order chi connectivity index (χ1) is 3.77. The fraction of sp³-hybridized carbons (Fsp3) is 0.429. The molecule has 8 heavy (non-hydrogen) atoms. The van der Waals surface area contributed by atoms with Gasteiger partial charge in [-0.3, -0.25) is 0 Å². The van der Waals surface area contributed by atoms with Crippen LogP contribution in [-0.2, 0) is 0 Å². The van der Waals surface area contributed by atoms with Gasteiger partial charge < -0.3 is 0 Å². The maximum Gasteiger partial charge on any atom is 0.00660 e. The van der Waals surface area contributed by atoms with Crippen molar-refractivity contribution in [3.8, 4) is 0 Å². The number of rotatable bonds is 3. The lowest BCUT2D eigenvalue weighted by Crippen LogP contribution is -1.65. The van der Waals surface area contributed by atoms with Gasteiger partial charge in [0.1, 0.15) is 0 Å². The molecule has 0 aromatic carbocycles. The van der Waals surface area contributed by atoms with E-state index in [-0.39, 0.29) is 0 Å². The highest BCUT2D eigenvalue weighted by atomic mass is 79.9. The molecule has 0 bridgehead atoms. The zero-order chi connectivity index (χ0) is 6.41. The van der Waals surface area contributed by atoms with Crippen molar-refractivity contribution in [2.45, 2.75) is 13.3 Å². The van der Waals surface area contributed by atoms with Crippen LogP contribution in [0.2, 0.25) is 0 Å². The molecule has 0 spiro atoms. The summed E-state index contributed by atoms with van der Waals surface area (Å²) in [6, 6.07) is 0. The van der Waals surface area contributed by atoms with E-state index >= 15 is 0 Å². The molecule has 0 rings (SSSR count). The topological polar surface area (TPSA) is 0 Å². The van der Waals surface area contributed by atoms with Crippen molar-refractivity contribution < 1.29 is 0 Å². The molecule has 0 N–H and O–H groups in total. The van der Waals surface area contributed by atoms with Crippen LogP contribution in [0.15, 0.2) is 24.3 Å². The van der Waals surface area contributed by atoms with Gasteiger partial charge in [0.25, 0.3) is 0 Å². The predicted octanol–water partition coefficient (Wildman–Crippen LogP) is 2.90. The molecule has 0 radical (unpaired) electrons. The van der Waals surface area contributed by atoms with Crippen molar-refractivity contribution >= 4 is 15.9 Å². The smallest absolute Gasteiger partial charge is 0.00660 e. The third kappa shape index (κ3) is 5.96. The fourth-order valence-corrected chi connectivity index (χ4v) is 0.612. The van der Waals surface area contributed by atoms with Gasteiger partial charge in [-0.15, -0.1) is 0 Å². The van der Waals surface area contributed by atoms with Crippen molar-refractivity contribution in [1.82, 2.24) is 0 Å². The van der Waals surface area contributed by atoms with E-state index < -0.39 is 0 Å². The second-order valence-electron chi connectivity index (χ2n) is 1.73. The predicted molar refractivity (Wildman–Crippen MR) is 42.4 cm³/mol. The van der Waals surface area contributed by atoms with Gasteiger partial charge in [-0.1, -0.05) is 40.2 Å². The van der Waals surface area contributed by atoms with Gasteiger partial charge in [-0.25, -0.2) is 0 Å². The van der Waals surface area contributed by atoms with Crippen LogP contribution in [0.1, 0.15) is 13.3 Å². The Morgan fingerprint density at radius 2 is 2.38 bits per heavy atom. The molecular weight excluding hydrogens is 164 g/mol. The summed E-state index contributed by atoms with van der Waals surface area (Å²) in [5.41, 5.74) is 1.12. The Kier molecular flexibility index (Phi) is 5.08. The summed E-state index contributed by atoms with van der Waals surface area (Å²) in [6.45, 7) is 5.72. The van der Waals surface area contributed by atoms with E-state index in [9.17, 15) is 0 Å². The number of hydrogen-bond donors (Lipinski definition) is 0. The maximum absolute atomic E-state index is 3.72. The molecule has 0 saturated carbocycles. The van der Waals surface area contributed by atoms with Crippen molar-refractivity contribution in [2.24, 2.45) is 0 Å². The zero-order valence-corrected chi connectivity index (χ0v) is 6.74. The van der Waals surface area contributed by atoms with Crippen molar-refractivity contribution in [2.75, 3.05) is 5.33 Å². The van der Waals surface area contributed by atoms with Crippen molar-refractivity contribution in [3.63, 3.8) is 0 Å². The van der Waals surface area contributed by atoms with Crippen LogP contribution in [0.3, 0.4) is 0 Å². The van der Waals surface area contributed by atoms with E-state index in [2.05, 4.69) is 28.6 Å². The normalized spacial score (nSPS) is 10.2. The molecule has 0 saturated heterocycles. The SMILES string of the molecule is C=C(C)C=CCCBr. The molecule has 46 valence electrons. The first-order valence-electron chi connectivity index (χ1n) is 2.65. The van der Waals surface area contributed by atoms with Crippen LogP contribution < -0.4 is 0 Å². The Labute approximate surface area is 59.4 Å². The van der Waals surface area contributed by atoms with E-state index in [0.29, 0.717) is 0 Å². The van der Waals surface area contributed by atoms with Gasteiger partial charge in [-0.05, 0) is 13.3 Å². The molecule has 0 heterocycles. The number of alkyl halides is 1. The molecule has 0 aromatic rings. The van der Waals surface area contributed by atoms with Crippen LogP contribution in [0.4, 0.5) is 0 Å². The quantitative estimate of drug-likeness (QED) is 0.457. The van der Waals surface area contributed by atoms with Crippen LogP contribution in [0, 0.1) is 0 Å². The molecule has 0 aliphatic heterocycles. The van der Waals surface area contributed by atoms with E-state index in [1.54, 1.807) is 0 Å². The van der Waals surface area contributed by atoms with Gasteiger partial charge in [0, 0.05) is 5.33 Å². The third-order valence-corrected chi connectivity index (χ3v) is 1.14. The Balaban J connectivity index is 3.20. The summed E-state index contributed by atoms with van der Waals surface area (Å²) >= 11 is 3.32. The second-order valence-corrected chi connectivity index (χ2v) is 2.52. The first-order valence-corrected chi connectivity index (χ1v) is 3.77. The average Bonchev–Trinajstić information content (AvgIpc) is 1.66. The molecule has 0 aliphatic rings. The van der Waals surface area contributed by atoms with Crippen LogP contribution >= 0.6 is 15.9 Å². The van der Waals surface area contributed by atoms with Crippen LogP contribution in [-0.4, -0.2) is 5.33 Å². The lowest BCUT2D eigenvalue weighted by Gasteiger charge is -1.82. The highest BCUT2D eigenvalue weighted by molar-refractivity contribution is 9.09. The average molecular weight is 175 g/mol. The number of halogens is 1. The highest BCUT2D eigenvalue weighted by Gasteiger charge is 1.73. The Hall–Kier alpha value is -0.0400. The third-order valence-electron chi connectivity index (χ3n) is 0.678. The lowest BCUT2D eigenvalue weighted by atomic mass is 10.3.